The lowest BCUT2D eigenvalue weighted by atomic mass is 9.74. The summed E-state index contributed by atoms with van der Waals surface area (Å²) in [4.78, 5) is 5.02. The minimum atomic E-state index is 0.402. The number of nitrogens with one attached hydrogen (secondary N) is 1. The van der Waals surface area contributed by atoms with Crippen LogP contribution in [0.1, 0.15) is 32.1 Å². The van der Waals surface area contributed by atoms with E-state index >= 15 is 0 Å². The monoisotopic (exact) mass is 283 g/mol. The molecule has 0 aromatic rings. The van der Waals surface area contributed by atoms with Crippen molar-refractivity contribution in [1.29, 1.82) is 0 Å². The topological polar surface area (TPSA) is 27.7 Å². The second-order valence-electron chi connectivity index (χ2n) is 7.29. The molecule has 2 fully saturated rings. The van der Waals surface area contributed by atoms with E-state index in [1.165, 1.54) is 45.2 Å². The first-order valence-corrected chi connectivity index (χ1v) is 8.10. The molecular formula is C16H33N3O. The molecular weight excluding hydrogens is 250 g/mol. The summed E-state index contributed by atoms with van der Waals surface area (Å²) >= 11 is 0. The van der Waals surface area contributed by atoms with Crippen molar-refractivity contribution in [2.24, 2.45) is 5.41 Å². The fourth-order valence-electron chi connectivity index (χ4n) is 4.03. The predicted molar refractivity (Wildman–Crippen MR) is 84.2 cm³/mol. The van der Waals surface area contributed by atoms with Gasteiger partial charge < -0.3 is 19.9 Å². The molecule has 0 amide bonds. The largest absolute Gasteiger partial charge is 0.381 e. The molecule has 1 saturated carbocycles. The Labute approximate surface area is 124 Å². The van der Waals surface area contributed by atoms with Crippen LogP contribution in [0, 0.1) is 5.41 Å². The summed E-state index contributed by atoms with van der Waals surface area (Å²) in [5, 5.41) is 3.40. The van der Waals surface area contributed by atoms with Gasteiger partial charge in [0.05, 0.1) is 0 Å². The van der Waals surface area contributed by atoms with Crippen LogP contribution in [0.15, 0.2) is 0 Å². The Hall–Kier alpha value is -0.160. The van der Waals surface area contributed by atoms with Gasteiger partial charge in [-0.15, -0.1) is 0 Å². The zero-order valence-electron chi connectivity index (χ0n) is 13.9. The fraction of sp³-hybridized carbons (Fsp3) is 1.00. The number of hydrogen-bond donors (Lipinski definition) is 1. The van der Waals surface area contributed by atoms with E-state index in [4.69, 9.17) is 4.74 Å². The summed E-state index contributed by atoms with van der Waals surface area (Å²) in [5.41, 5.74) is 0.833. The van der Waals surface area contributed by atoms with E-state index in [1.54, 1.807) is 0 Å². The molecule has 0 aromatic carbocycles. The van der Waals surface area contributed by atoms with Crippen LogP contribution in [0.4, 0.5) is 0 Å². The molecule has 4 heteroatoms. The average Bonchev–Trinajstić information content (AvgIpc) is 2.34. The molecule has 0 spiro atoms. The second-order valence-corrected chi connectivity index (χ2v) is 7.29. The van der Waals surface area contributed by atoms with Gasteiger partial charge in [-0.2, -0.15) is 0 Å². The third-order valence-electron chi connectivity index (χ3n) is 5.51. The maximum absolute atomic E-state index is 5.57. The highest BCUT2D eigenvalue weighted by atomic mass is 16.5. The van der Waals surface area contributed by atoms with Crippen molar-refractivity contribution < 1.29 is 4.74 Å². The lowest BCUT2D eigenvalue weighted by Gasteiger charge is -2.50. The van der Waals surface area contributed by atoms with Crippen molar-refractivity contribution in [3.8, 4) is 0 Å². The van der Waals surface area contributed by atoms with Crippen LogP contribution in [0.25, 0.3) is 0 Å². The molecule has 0 radical (unpaired) electrons. The van der Waals surface area contributed by atoms with Gasteiger partial charge in [0.1, 0.15) is 0 Å². The summed E-state index contributed by atoms with van der Waals surface area (Å²) in [7, 11) is 8.86. The number of hydrogen-bond acceptors (Lipinski definition) is 4. The molecule has 0 bridgehead atoms. The van der Waals surface area contributed by atoms with Crippen LogP contribution in [-0.4, -0.2) is 76.4 Å². The Bertz CT molecular complexity index is 291. The van der Waals surface area contributed by atoms with E-state index in [0.29, 0.717) is 11.0 Å². The van der Waals surface area contributed by atoms with E-state index in [1.807, 2.05) is 0 Å². The Kier molecular flexibility index (Phi) is 5.46. The van der Waals surface area contributed by atoms with Gasteiger partial charge in [0.15, 0.2) is 0 Å². The van der Waals surface area contributed by atoms with Gasteiger partial charge in [0, 0.05) is 38.4 Å². The van der Waals surface area contributed by atoms with Crippen molar-refractivity contribution in [2.45, 2.75) is 37.6 Å². The molecule has 1 heterocycles. The predicted octanol–water partition coefficient (Wildman–Crippen LogP) is 1.42. The summed E-state index contributed by atoms with van der Waals surface area (Å²) < 4.78 is 5.57. The van der Waals surface area contributed by atoms with Gasteiger partial charge in [0.2, 0.25) is 0 Å². The molecule has 1 aliphatic carbocycles. The van der Waals surface area contributed by atoms with Crippen LogP contribution in [0.3, 0.4) is 0 Å². The van der Waals surface area contributed by atoms with Crippen LogP contribution >= 0.6 is 0 Å². The van der Waals surface area contributed by atoms with Crippen molar-refractivity contribution >= 4 is 0 Å². The van der Waals surface area contributed by atoms with Crippen molar-refractivity contribution in [3.05, 3.63) is 0 Å². The molecule has 0 unspecified atom stereocenters. The SMILES string of the molecule is CNCC1(CN(C)CC2(N(C)C)CCC2)CCOCC1. The zero-order valence-corrected chi connectivity index (χ0v) is 13.9. The summed E-state index contributed by atoms with van der Waals surface area (Å²) in [6.45, 7) is 5.34. The van der Waals surface area contributed by atoms with Crippen LogP contribution in [0.5, 0.6) is 0 Å². The first kappa shape index (κ1) is 16.2. The summed E-state index contributed by atoms with van der Waals surface area (Å²) in [5.74, 6) is 0. The highest BCUT2D eigenvalue weighted by molar-refractivity contribution is 4.99. The third-order valence-corrected chi connectivity index (χ3v) is 5.51. The number of rotatable bonds is 7. The average molecular weight is 283 g/mol. The first-order valence-electron chi connectivity index (χ1n) is 8.10. The highest BCUT2D eigenvalue weighted by Crippen LogP contribution is 2.38. The normalized spacial score (nSPS) is 24.9. The maximum Gasteiger partial charge on any atom is 0.0472 e. The molecule has 2 aliphatic rings. The van der Waals surface area contributed by atoms with Gasteiger partial charge in [-0.25, -0.2) is 0 Å². The number of nitrogens with zero attached hydrogens (tertiary/aromatic N) is 2. The standard InChI is InChI=1S/C16H33N3O/c1-17-12-15(8-10-20-11-9-15)13-19(4)14-16(18(2)3)6-5-7-16/h17H,5-14H2,1-4H3. The lowest BCUT2D eigenvalue weighted by Crippen LogP contribution is -2.58. The molecule has 1 N–H and O–H groups in total. The molecule has 20 heavy (non-hydrogen) atoms. The smallest absolute Gasteiger partial charge is 0.0472 e. The second kappa shape index (κ2) is 6.73. The van der Waals surface area contributed by atoms with Crippen molar-refractivity contribution in [3.63, 3.8) is 0 Å². The van der Waals surface area contributed by atoms with Crippen molar-refractivity contribution in [2.75, 3.05) is 61.0 Å². The molecule has 0 aromatic heterocycles. The Balaban J connectivity index is 1.92. The zero-order chi connectivity index (χ0) is 14.6. The lowest BCUT2D eigenvalue weighted by molar-refractivity contribution is -0.0209. The van der Waals surface area contributed by atoms with Crippen molar-refractivity contribution in [1.82, 2.24) is 15.1 Å². The Morgan fingerprint density at radius 3 is 2.10 bits per heavy atom. The first-order chi connectivity index (χ1) is 9.52. The quantitative estimate of drug-likeness (QED) is 0.765. The number of ether oxygens (including phenoxy) is 1. The minimum Gasteiger partial charge on any atom is -0.381 e. The van der Waals surface area contributed by atoms with E-state index in [-0.39, 0.29) is 0 Å². The van der Waals surface area contributed by atoms with Crippen LogP contribution in [0.2, 0.25) is 0 Å². The fourth-order valence-corrected chi connectivity index (χ4v) is 4.03. The molecule has 1 saturated heterocycles. The number of likely N-dealkylation sites (N-methyl/N-ethyl adjacent to an activating group) is 2. The van der Waals surface area contributed by atoms with Gasteiger partial charge in [0.25, 0.3) is 0 Å². The molecule has 0 atom stereocenters. The van der Waals surface area contributed by atoms with E-state index in [0.717, 1.165) is 19.8 Å². The molecule has 2 rings (SSSR count). The van der Waals surface area contributed by atoms with Gasteiger partial charge in [-0.3, -0.25) is 0 Å². The van der Waals surface area contributed by atoms with Gasteiger partial charge in [-0.05, 0) is 65.7 Å². The maximum atomic E-state index is 5.57. The molecule has 4 nitrogen and oxygen atoms in total. The van der Waals surface area contributed by atoms with E-state index in [2.05, 4.69) is 43.3 Å². The highest BCUT2D eigenvalue weighted by Gasteiger charge is 2.41. The van der Waals surface area contributed by atoms with Crippen LogP contribution in [-0.2, 0) is 4.74 Å². The Morgan fingerprint density at radius 1 is 1.00 bits per heavy atom. The summed E-state index contributed by atoms with van der Waals surface area (Å²) in [6.07, 6.45) is 6.47. The van der Waals surface area contributed by atoms with Crippen LogP contribution < -0.4 is 5.32 Å². The van der Waals surface area contributed by atoms with E-state index in [9.17, 15) is 0 Å². The summed E-state index contributed by atoms with van der Waals surface area (Å²) in [6, 6.07) is 0. The molecule has 1 aliphatic heterocycles. The Morgan fingerprint density at radius 2 is 1.65 bits per heavy atom. The van der Waals surface area contributed by atoms with Gasteiger partial charge in [-0.1, -0.05) is 0 Å². The molecule has 118 valence electrons. The van der Waals surface area contributed by atoms with E-state index < -0.39 is 0 Å². The minimum absolute atomic E-state index is 0.402. The van der Waals surface area contributed by atoms with Gasteiger partial charge >= 0.3 is 0 Å². The third kappa shape index (κ3) is 3.53.